The average Bonchev–Trinajstić information content (AvgIpc) is 1.55. The molecule has 22 heteroatoms. The van der Waals surface area contributed by atoms with Gasteiger partial charge in [0.05, 0.1) is 11.4 Å². The molecule has 5 aromatic rings. The van der Waals surface area contributed by atoms with Crippen LogP contribution < -0.4 is 60.3 Å². The van der Waals surface area contributed by atoms with E-state index in [0.717, 1.165) is 128 Å². The van der Waals surface area contributed by atoms with Gasteiger partial charge in [-0.3, -0.25) is 28.8 Å². The first-order valence-electron chi connectivity index (χ1n) is 55.0. The van der Waals surface area contributed by atoms with Crippen LogP contribution in [0.5, 0.6) is 34.8 Å². The molecule has 6 N–H and O–H groups in total. The molecule has 1 aliphatic rings. The molecule has 0 saturated carbocycles. The molecule has 1 aliphatic heterocycles. The topological polar surface area (TPSA) is 273 Å². The monoisotopic (exact) mass is 1890 g/mol. The molecule has 6 amide bonds. The summed E-state index contributed by atoms with van der Waals surface area (Å²) in [6.07, 6.45) is 70.6. The van der Waals surface area contributed by atoms with Gasteiger partial charge in [0.1, 0.15) is 23.0 Å². The fraction of sp³-hybridized carbons (Fsp3) is 0.693. The van der Waals surface area contributed by atoms with E-state index in [1.807, 2.05) is 48.5 Å². The van der Waals surface area contributed by atoms with Gasteiger partial charge in [0.2, 0.25) is 0 Å². The molecule has 0 spiro atoms. The fourth-order valence-corrected chi connectivity index (χ4v) is 17.4. The molecule has 136 heavy (non-hydrogen) atoms. The lowest BCUT2D eigenvalue weighted by Gasteiger charge is -2.29. The Morgan fingerprint density at radius 1 is 0.235 bits per heavy atom. The number of carbonyl (C=O) groups is 6. The molecule has 0 aliphatic carbocycles. The van der Waals surface area contributed by atoms with Gasteiger partial charge in [0, 0.05) is 61.5 Å². The summed E-state index contributed by atoms with van der Waals surface area (Å²) in [7, 11) is 0. The van der Waals surface area contributed by atoms with Gasteiger partial charge in [-0.15, -0.1) is 0 Å². The van der Waals surface area contributed by atoms with E-state index in [2.05, 4.69) is 73.4 Å². The van der Waals surface area contributed by atoms with Gasteiger partial charge in [-0.2, -0.15) is 4.98 Å². The number of nitrogens with zero attached hydrogens (tertiary/aromatic N) is 4. The van der Waals surface area contributed by atoms with Crippen molar-refractivity contribution >= 4 is 46.9 Å². The summed E-state index contributed by atoms with van der Waals surface area (Å²) in [4.78, 5) is 99.8. The number of unbranched alkanes of at least 4 members (excludes halogenated alkanes) is 54. The van der Waals surface area contributed by atoms with E-state index in [0.29, 0.717) is 95.9 Å². The predicted molar refractivity (Wildman–Crippen MR) is 559 cm³/mol. The molecule has 762 valence electrons. The molecule has 22 nitrogen and oxygen atoms in total. The zero-order chi connectivity index (χ0) is 96.9. The molecule has 1 aromatic heterocycles. The van der Waals surface area contributed by atoms with Gasteiger partial charge in [-0.05, 0) is 136 Å². The molecule has 2 heterocycles. The summed E-state index contributed by atoms with van der Waals surface area (Å²) in [5.74, 6) is -2.00. The Hall–Kier alpha value is -8.95. The lowest BCUT2D eigenvalue weighted by molar-refractivity contribution is -0.124. The largest absolute Gasteiger partial charge is 0.484 e. The Labute approximate surface area is 822 Å². The molecule has 4 aromatic carbocycles. The summed E-state index contributed by atoms with van der Waals surface area (Å²) in [6, 6.07) is 29.0. The van der Waals surface area contributed by atoms with E-state index in [4.69, 9.17) is 43.4 Å². The standard InChI is InChI=1S/C114H184N10O12/c1-7-13-19-25-31-37-43-49-55-61-83-115-103(125)89-131-99-75-67-95(68-76-99)109-110(96-69-77-100(78-70-96)132-90-104(126)116-84-62-56-50-44-38-32-26-20-14-8-2)123-114(122-109,98-73-81-102(82-74-98)134-92-106(128)118-86-64-58-52-46-40-34-28-22-16-10-4)124-111(97-71-79-101(80-72-97)133-91-105(127)117-85-63-57-51-45-39-33-27-21-15-9-3)121-112(135-93-107(129)119-87-65-59-53-47-41-35-29-23-17-11-5)113(124)136-94-108(130)120-88-66-60-54-48-42-36-30-24-18-12-6/h67-82H,7-66,83-94H2,1-6H3,(H,115,125)(H,116,126)(H,117,127)(H,118,128)(H,119,129)(H,120,130). The third kappa shape index (κ3) is 51.6. The highest BCUT2D eigenvalue weighted by atomic mass is 16.5. The summed E-state index contributed by atoms with van der Waals surface area (Å²) >= 11 is 0. The molecular weight excluding hydrogens is 1700 g/mol. The van der Waals surface area contributed by atoms with Crippen LogP contribution in [0, 0.1) is 0 Å². The second-order valence-electron chi connectivity index (χ2n) is 38.0. The van der Waals surface area contributed by atoms with Crippen molar-refractivity contribution in [2.75, 3.05) is 78.9 Å². The minimum atomic E-state index is -2.00. The third-order valence-electron chi connectivity index (χ3n) is 25.8. The van der Waals surface area contributed by atoms with Crippen molar-refractivity contribution in [3.05, 3.63) is 114 Å². The minimum Gasteiger partial charge on any atom is -0.484 e. The number of nitrogens with one attached hydrogen (secondary N) is 6. The maximum Gasteiger partial charge on any atom is 0.278 e. The zero-order valence-corrected chi connectivity index (χ0v) is 85.8. The van der Waals surface area contributed by atoms with Crippen molar-refractivity contribution in [2.24, 2.45) is 9.98 Å². The van der Waals surface area contributed by atoms with Gasteiger partial charge in [-0.1, -0.05) is 388 Å². The first kappa shape index (κ1) is 116. The van der Waals surface area contributed by atoms with Crippen LogP contribution in [0.15, 0.2) is 107 Å². The van der Waals surface area contributed by atoms with Crippen molar-refractivity contribution in [1.29, 1.82) is 0 Å². The fourth-order valence-electron chi connectivity index (χ4n) is 17.4. The van der Waals surface area contributed by atoms with Crippen LogP contribution in [0.2, 0.25) is 0 Å². The number of benzene rings is 4. The highest BCUT2D eigenvalue weighted by Crippen LogP contribution is 2.47. The van der Waals surface area contributed by atoms with Gasteiger partial charge < -0.3 is 60.3 Å². The van der Waals surface area contributed by atoms with Crippen LogP contribution in [-0.4, -0.2) is 135 Å². The first-order valence-corrected chi connectivity index (χ1v) is 55.0. The number of imidazole rings is 1. The van der Waals surface area contributed by atoms with E-state index in [9.17, 15) is 28.8 Å². The van der Waals surface area contributed by atoms with Gasteiger partial charge >= 0.3 is 0 Å². The number of aliphatic imine (C=N–C) groups is 2. The predicted octanol–water partition coefficient (Wildman–Crippen LogP) is 26.7. The number of hydrogen-bond acceptors (Lipinski definition) is 15. The molecule has 0 saturated heterocycles. The number of ether oxygens (including phenoxy) is 6. The van der Waals surface area contributed by atoms with E-state index < -0.39 is 24.9 Å². The minimum absolute atomic E-state index is 0.0797. The van der Waals surface area contributed by atoms with Crippen LogP contribution in [0.25, 0.3) is 11.4 Å². The highest BCUT2D eigenvalue weighted by molar-refractivity contribution is 6.54. The second kappa shape index (κ2) is 76.9. The Morgan fingerprint density at radius 2 is 0.426 bits per heavy atom. The maximum absolute atomic E-state index is 14.6. The summed E-state index contributed by atoms with van der Waals surface area (Å²) < 4.78 is 40.3. The van der Waals surface area contributed by atoms with Crippen molar-refractivity contribution in [3.8, 4) is 46.1 Å². The number of amides is 6. The average molecular weight is 1890 g/mol. The molecule has 6 rings (SSSR count). The smallest absolute Gasteiger partial charge is 0.278 e. The van der Waals surface area contributed by atoms with Crippen LogP contribution in [-0.2, 0) is 34.6 Å². The van der Waals surface area contributed by atoms with E-state index in [1.54, 1.807) is 53.1 Å². The van der Waals surface area contributed by atoms with Gasteiger partial charge in [0.15, 0.2) is 45.5 Å². The van der Waals surface area contributed by atoms with Crippen molar-refractivity contribution < 1.29 is 57.2 Å². The van der Waals surface area contributed by atoms with Crippen LogP contribution in [0.3, 0.4) is 0 Å². The van der Waals surface area contributed by atoms with E-state index in [-0.39, 0.29) is 73.5 Å². The van der Waals surface area contributed by atoms with E-state index >= 15 is 0 Å². The summed E-state index contributed by atoms with van der Waals surface area (Å²) in [5.41, 5.74) is 2.92. The van der Waals surface area contributed by atoms with Crippen LogP contribution >= 0.6 is 0 Å². The second-order valence-corrected chi connectivity index (χ2v) is 38.0. The quantitative estimate of drug-likeness (QED) is 0.0198. The first-order chi connectivity index (χ1) is 66.8. The van der Waals surface area contributed by atoms with Gasteiger partial charge in [0.25, 0.3) is 53.0 Å². The Morgan fingerprint density at radius 3 is 0.654 bits per heavy atom. The molecule has 0 radical (unpaired) electrons. The van der Waals surface area contributed by atoms with Crippen LogP contribution in [0.4, 0.5) is 0 Å². The maximum atomic E-state index is 14.6. The Kier molecular flexibility index (Phi) is 65.5. The van der Waals surface area contributed by atoms with Gasteiger partial charge in [-0.25, -0.2) is 14.6 Å². The number of aromatic nitrogens is 2. The third-order valence-corrected chi connectivity index (χ3v) is 25.8. The zero-order valence-electron chi connectivity index (χ0n) is 85.8. The van der Waals surface area contributed by atoms with Crippen molar-refractivity contribution in [2.45, 2.75) is 433 Å². The normalized spacial score (nSPS) is 12.1. The molecular formula is C114H184N10O12. The van der Waals surface area contributed by atoms with Crippen molar-refractivity contribution in [3.63, 3.8) is 0 Å². The number of rotatable bonds is 89. The summed E-state index contributed by atoms with van der Waals surface area (Å²) in [6.45, 7) is 14.8. The van der Waals surface area contributed by atoms with E-state index in [1.165, 1.54) is 257 Å². The Balaban J connectivity index is 1.45. The lowest BCUT2D eigenvalue weighted by Crippen LogP contribution is -2.34. The SMILES string of the molecule is CCCCCCCCCCCCNC(=O)COc1ccc(C2=NC(c3ccc(OCC(=O)NCCCCCCCCCCCC)cc3)(n3c(-c4ccc(OCC(=O)NCCCCCCCCCCCC)cc4)nc(OCC(=O)NCCCCCCCCCCCC)c3OCC(=O)NCCCCCCCCCCCC)N=C2c2ccc(OCC(=O)NCCCCCCCCCCCC)cc2)cc1. The molecule has 0 bridgehead atoms. The number of hydrogen-bond donors (Lipinski definition) is 6. The lowest BCUT2D eigenvalue weighted by atomic mass is 10.00. The molecule has 0 unspecified atom stereocenters. The Bertz CT molecular complexity index is 3880. The summed E-state index contributed by atoms with van der Waals surface area (Å²) in [5, 5.41) is 18.5. The molecule has 0 fully saturated rings. The highest BCUT2D eigenvalue weighted by Gasteiger charge is 2.46. The number of carbonyl (C=O) groups excluding carboxylic acids is 6. The van der Waals surface area contributed by atoms with Crippen molar-refractivity contribution in [1.82, 2.24) is 41.5 Å². The van der Waals surface area contributed by atoms with Crippen LogP contribution in [0.1, 0.15) is 443 Å². The molecule has 0 atom stereocenters.